The number of aromatic nitrogens is 1. The van der Waals surface area contributed by atoms with Crippen LogP contribution in [0.4, 0.5) is 4.39 Å². The van der Waals surface area contributed by atoms with Gasteiger partial charge in [-0.2, -0.15) is 0 Å². The van der Waals surface area contributed by atoms with Gasteiger partial charge in [0, 0.05) is 17.8 Å². The van der Waals surface area contributed by atoms with Crippen LogP contribution in [0.3, 0.4) is 0 Å². The second-order valence-corrected chi connectivity index (χ2v) is 9.21. The first kappa shape index (κ1) is 23.9. The number of rotatable bonds is 2. The fraction of sp³-hybridized carbons (Fsp3) is 0.259. The van der Waals surface area contributed by atoms with Gasteiger partial charge in [0.25, 0.3) is 5.91 Å². The molecule has 2 aliphatic rings. The third kappa shape index (κ3) is 3.82. The number of fused-ring (bicyclic) bond motifs is 5. The van der Waals surface area contributed by atoms with Crippen molar-refractivity contribution >= 4 is 17.5 Å². The molecule has 2 atom stereocenters. The van der Waals surface area contributed by atoms with Gasteiger partial charge in [-0.15, -0.1) is 0 Å². The number of pyridine rings is 1. The van der Waals surface area contributed by atoms with Crippen molar-refractivity contribution in [3.8, 4) is 11.5 Å². The topological polar surface area (TPSA) is 75.0 Å². The zero-order valence-corrected chi connectivity index (χ0v) is 20.6. The van der Waals surface area contributed by atoms with Gasteiger partial charge in [-0.05, 0) is 42.7 Å². The molecule has 2 bridgehead atoms. The predicted molar refractivity (Wildman–Crippen MR) is 135 cm³/mol. The summed E-state index contributed by atoms with van der Waals surface area (Å²) in [6.07, 6.45) is 5.66. The monoisotopic (exact) mass is 509 g/mol. The van der Waals surface area contributed by atoms with Gasteiger partial charge in [0.05, 0.1) is 6.04 Å². The second kappa shape index (κ2) is 9.35. The van der Waals surface area contributed by atoms with Gasteiger partial charge in [-0.25, -0.2) is 4.39 Å². The van der Waals surface area contributed by atoms with E-state index in [4.69, 9.17) is 16.3 Å². The number of aryl methyl sites for hydroxylation is 1. The summed E-state index contributed by atoms with van der Waals surface area (Å²) in [7, 11) is 0. The van der Waals surface area contributed by atoms with Crippen LogP contribution in [0.25, 0.3) is 0 Å². The number of ether oxygens (including phenoxy) is 1. The summed E-state index contributed by atoms with van der Waals surface area (Å²) in [5, 5.41) is 12.5. The molecule has 36 heavy (non-hydrogen) atoms. The minimum Gasteiger partial charge on any atom is -0.502 e. The van der Waals surface area contributed by atoms with E-state index in [1.807, 2.05) is 49.2 Å². The molecule has 5 rings (SSSR count). The van der Waals surface area contributed by atoms with E-state index in [1.165, 1.54) is 23.0 Å². The van der Waals surface area contributed by atoms with Crippen LogP contribution in [0, 0.1) is 12.7 Å². The standard InChI is InChI=1S/C27H25ClFN3O4/c1-3-17-8-6-14-36-26-19(10-11-20(29)22(26)28)23(18-9-5-4-7-16(18)2)32-15-30(17)27(35)24-25(34)21(33)12-13-31(24)32/h4-13,17,23,34H,3,14-15H2,1-2H3/b8-6+/t17-,23-/m0/s1. The molecule has 2 aliphatic heterocycles. The Hall–Kier alpha value is -3.78. The van der Waals surface area contributed by atoms with Gasteiger partial charge < -0.3 is 14.7 Å². The van der Waals surface area contributed by atoms with Crippen molar-refractivity contribution in [2.75, 3.05) is 18.3 Å². The molecule has 0 unspecified atom stereocenters. The Morgan fingerprint density at radius 1 is 1.14 bits per heavy atom. The van der Waals surface area contributed by atoms with Crippen LogP contribution in [-0.2, 0) is 0 Å². The van der Waals surface area contributed by atoms with Gasteiger partial charge in [0.1, 0.15) is 35.9 Å². The minimum atomic E-state index is -0.648. The molecule has 0 saturated carbocycles. The lowest BCUT2D eigenvalue weighted by Crippen LogP contribution is -2.57. The molecular weight excluding hydrogens is 485 g/mol. The molecule has 0 radical (unpaired) electrons. The van der Waals surface area contributed by atoms with Crippen molar-refractivity contribution in [3.63, 3.8) is 0 Å². The molecule has 7 nitrogen and oxygen atoms in total. The number of carbonyl (C=O) groups excluding carboxylic acids is 1. The quantitative estimate of drug-likeness (QED) is 0.514. The summed E-state index contributed by atoms with van der Waals surface area (Å²) < 4.78 is 22.1. The Labute approximate surface area is 212 Å². The summed E-state index contributed by atoms with van der Waals surface area (Å²) >= 11 is 6.43. The van der Waals surface area contributed by atoms with Crippen molar-refractivity contribution < 1.29 is 19.0 Å². The first-order chi connectivity index (χ1) is 17.3. The summed E-state index contributed by atoms with van der Waals surface area (Å²) in [5.41, 5.74) is 1.62. The number of aromatic hydroxyl groups is 1. The summed E-state index contributed by atoms with van der Waals surface area (Å²) in [6, 6.07) is 10.9. The van der Waals surface area contributed by atoms with E-state index in [0.717, 1.165) is 11.1 Å². The van der Waals surface area contributed by atoms with Crippen molar-refractivity contribution in [2.24, 2.45) is 0 Å². The summed E-state index contributed by atoms with van der Waals surface area (Å²) in [5.74, 6) is -1.50. The minimum absolute atomic E-state index is 0.116. The molecule has 0 aliphatic carbocycles. The third-order valence-electron chi connectivity index (χ3n) is 6.75. The van der Waals surface area contributed by atoms with Crippen LogP contribution in [0.15, 0.2) is 65.6 Å². The van der Waals surface area contributed by atoms with Crippen LogP contribution in [0.2, 0.25) is 5.02 Å². The maximum absolute atomic E-state index is 14.6. The van der Waals surface area contributed by atoms with Gasteiger partial charge >= 0.3 is 0 Å². The average molecular weight is 510 g/mol. The predicted octanol–water partition coefficient (Wildman–Crippen LogP) is 4.52. The maximum Gasteiger partial charge on any atom is 0.278 e. The number of benzene rings is 2. The normalized spacial score (nSPS) is 20.2. The number of amides is 1. The van der Waals surface area contributed by atoms with Crippen molar-refractivity contribution in [3.05, 3.63) is 104 Å². The average Bonchev–Trinajstić information content (AvgIpc) is 2.89. The molecule has 2 aromatic carbocycles. The molecule has 1 amide bonds. The Balaban J connectivity index is 1.87. The molecule has 0 fully saturated rings. The van der Waals surface area contributed by atoms with E-state index in [0.29, 0.717) is 12.0 Å². The molecule has 1 N–H and O–H groups in total. The van der Waals surface area contributed by atoms with Crippen LogP contribution in [0.1, 0.15) is 46.6 Å². The largest absolute Gasteiger partial charge is 0.502 e. The van der Waals surface area contributed by atoms with Crippen LogP contribution in [0.5, 0.6) is 11.5 Å². The van der Waals surface area contributed by atoms with E-state index in [9.17, 15) is 19.1 Å². The van der Waals surface area contributed by atoms with Crippen LogP contribution >= 0.6 is 11.6 Å². The van der Waals surface area contributed by atoms with Crippen LogP contribution < -0.4 is 15.2 Å². The van der Waals surface area contributed by atoms with Crippen molar-refractivity contribution in [1.82, 2.24) is 9.58 Å². The smallest absolute Gasteiger partial charge is 0.278 e. The van der Waals surface area contributed by atoms with E-state index < -0.39 is 28.9 Å². The molecule has 3 heterocycles. The highest BCUT2D eigenvalue weighted by atomic mass is 35.5. The number of carbonyl (C=O) groups is 1. The number of halogens is 2. The van der Waals surface area contributed by atoms with Crippen molar-refractivity contribution in [1.29, 1.82) is 0 Å². The highest BCUT2D eigenvalue weighted by Crippen LogP contribution is 2.42. The maximum atomic E-state index is 14.6. The van der Waals surface area contributed by atoms with E-state index in [1.54, 1.807) is 17.0 Å². The summed E-state index contributed by atoms with van der Waals surface area (Å²) in [4.78, 5) is 27.6. The first-order valence-electron chi connectivity index (χ1n) is 11.7. The van der Waals surface area contributed by atoms with Gasteiger partial charge in [-0.3, -0.25) is 19.3 Å². The molecule has 1 aromatic heterocycles. The molecule has 0 spiro atoms. The molecular formula is C27H25ClFN3O4. The van der Waals surface area contributed by atoms with Gasteiger partial charge in [-0.1, -0.05) is 48.9 Å². The Bertz CT molecular complexity index is 1440. The van der Waals surface area contributed by atoms with Crippen molar-refractivity contribution in [2.45, 2.75) is 32.4 Å². The highest BCUT2D eigenvalue weighted by molar-refractivity contribution is 6.32. The molecule has 186 valence electrons. The van der Waals surface area contributed by atoms with Gasteiger partial charge in [0.15, 0.2) is 11.4 Å². The fourth-order valence-electron chi connectivity index (χ4n) is 4.91. The summed E-state index contributed by atoms with van der Waals surface area (Å²) in [6.45, 7) is 4.15. The molecule has 0 saturated heterocycles. The van der Waals surface area contributed by atoms with Gasteiger partial charge in [0.2, 0.25) is 5.43 Å². The zero-order chi connectivity index (χ0) is 25.6. The number of nitrogens with zero attached hydrogens (tertiary/aromatic N) is 3. The van der Waals surface area contributed by atoms with E-state index >= 15 is 0 Å². The SMILES string of the molecule is CC[C@H]1/C=C/COc2c(ccc(F)c2Cl)[C@H](c2ccccc2C)N2CN1C(=O)c1c(O)c(=O)ccn12. The first-order valence-corrected chi connectivity index (χ1v) is 12.1. The lowest BCUT2D eigenvalue weighted by atomic mass is 9.93. The Kier molecular flexibility index (Phi) is 6.22. The molecule has 3 aromatic rings. The highest BCUT2D eigenvalue weighted by Gasteiger charge is 2.40. The lowest BCUT2D eigenvalue weighted by Gasteiger charge is -2.46. The molecule has 9 heteroatoms. The Morgan fingerprint density at radius 2 is 1.92 bits per heavy atom. The Morgan fingerprint density at radius 3 is 2.67 bits per heavy atom. The van der Waals surface area contributed by atoms with E-state index in [2.05, 4.69) is 0 Å². The van der Waals surface area contributed by atoms with Crippen LogP contribution in [-0.4, -0.2) is 39.9 Å². The zero-order valence-electron chi connectivity index (χ0n) is 19.8. The number of hydrogen-bond donors (Lipinski definition) is 1. The second-order valence-electron chi connectivity index (χ2n) is 8.83. The lowest BCUT2D eigenvalue weighted by molar-refractivity contribution is 0.0626. The van der Waals surface area contributed by atoms with E-state index in [-0.39, 0.29) is 35.8 Å². The fourth-order valence-corrected chi connectivity index (χ4v) is 5.14. The third-order valence-corrected chi connectivity index (χ3v) is 7.10. The number of hydrogen-bond acceptors (Lipinski definition) is 5.